The zero-order valence-electron chi connectivity index (χ0n) is 15.9. The van der Waals surface area contributed by atoms with Gasteiger partial charge in [-0.15, -0.1) is 0 Å². The monoisotopic (exact) mass is 341 g/mol. The summed E-state index contributed by atoms with van der Waals surface area (Å²) in [6.07, 6.45) is 0. The van der Waals surface area contributed by atoms with Gasteiger partial charge in [0.2, 0.25) is 5.91 Å². The van der Waals surface area contributed by atoms with Gasteiger partial charge >= 0.3 is 0 Å². The lowest BCUT2D eigenvalue weighted by atomic mass is 10.1. The molecule has 140 valence electrons. The third kappa shape index (κ3) is 9.72. The van der Waals surface area contributed by atoms with Crippen LogP contribution in [-0.4, -0.2) is 74.8 Å². The predicted octanol–water partition coefficient (Wildman–Crippen LogP) is 0.425. The first-order valence-electron chi connectivity index (χ1n) is 8.93. The number of nitrogens with one attached hydrogen (secondary N) is 3. The van der Waals surface area contributed by atoms with Crippen molar-refractivity contribution in [2.24, 2.45) is 10.9 Å². The summed E-state index contributed by atoms with van der Waals surface area (Å²) in [5.74, 6) is 1.12. The molecule has 1 heterocycles. The number of morpholine rings is 1. The number of amides is 1. The fourth-order valence-electron chi connectivity index (χ4n) is 2.51. The number of ether oxygens (including phenoxy) is 1. The number of guanidine groups is 1. The van der Waals surface area contributed by atoms with Crippen molar-refractivity contribution in [1.29, 1.82) is 0 Å². The number of rotatable bonds is 7. The van der Waals surface area contributed by atoms with Crippen LogP contribution in [0.15, 0.2) is 4.99 Å². The second-order valence-corrected chi connectivity index (χ2v) is 7.39. The maximum absolute atomic E-state index is 11.9. The Morgan fingerprint density at radius 3 is 2.50 bits per heavy atom. The molecule has 1 saturated heterocycles. The summed E-state index contributed by atoms with van der Waals surface area (Å²) in [7, 11) is 0. The number of hydrogen-bond donors (Lipinski definition) is 3. The molecule has 1 unspecified atom stereocenters. The van der Waals surface area contributed by atoms with E-state index in [9.17, 15) is 4.79 Å². The van der Waals surface area contributed by atoms with E-state index in [4.69, 9.17) is 4.74 Å². The summed E-state index contributed by atoms with van der Waals surface area (Å²) in [6.45, 7) is 16.6. The summed E-state index contributed by atoms with van der Waals surface area (Å²) in [5, 5.41) is 9.43. The second kappa shape index (κ2) is 10.5. The van der Waals surface area contributed by atoms with E-state index >= 15 is 0 Å². The minimum atomic E-state index is -0.231. The Hall–Kier alpha value is -1.34. The quantitative estimate of drug-likeness (QED) is 0.462. The Morgan fingerprint density at radius 2 is 1.92 bits per heavy atom. The summed E-state index contributed by atoms with van der Waals surface area (Å²) < 4.78 is 5.38. The van der Waals surface area contributed by atoms with Crippen LogP contribution in [-0.2, 0) is 9.53 Å². The molecule has 1 amide bonds. The van der Waals surface area contributed by atoms with Crippen LogP contribution in [0.25, 0.3) is 0 Å². The van der Waals surface area contributed by atoms with Crippen molar-refractivity contribution < 1.29 is 9.53 Å². The van der Waals surface area contributed by atoms with Crippen LogP contribution >= 0.6 is 0 Å². The Labute approximate surface area is 146 Å². The topological polar surface area (TPSA) is 78.0 Å². The van der Waals surface area contributed by atoms with Crippen molar-refractivity contribution in [3.8, 4) is 0 Å². The third-order valence-electron chi connectivity index (χ3n) is 3.53. The number of aliphatic imine (C=N–C) groups is 1. The predicted molar refractivity (Wildman–Crippen MR) is 98.3 cm³/mol. The zero-order valence-corrected chi connectivity index (χ0v) is 15.9. The highest BCUT2D eigenvalue weighted by molar-refractivity contribution is 5.85. The summed E-state index contributed by atoms with van der Waals surface area (Å²) >= 11 is 0. The molecule has 0 saturated carbocycles. The van der Waals surface area contributed by atoms with Crippen LogP contribution < -0.4 is 16.0 Å². The average Bonchev–Trinajstić information content (AvgIpc) is 2.49. The Kier molecular flexibility index (Phi) is 9.07. The van der Waals surface area contributed by atoms with E-state index in [0.29, 0.717) is 11.9 Å². The van der Waals surface area contributed by atoms with E-state index < -0.39 is 0 Å². The lowest BCUT2D eigenvalue weighted by Crippen LogP contribution is -2.45. The molecule has 24 heavy (non-hydrogen) atoms. The second-order valence-electron chi connectivity index (χ2n) is 7.39. The molecule has 1 rings (SSSR count). The summed E-state index contributed by atoms with van der Waals surface area (Å²) in [6, 6.07) is 0. The summed E-state index contributed by atoms with van der Waals surface area (Å²) in [5.41, 5.74) is -0.231. The van der Waals surface area contributed by atoms with Crippen molar-refractivity contribution in [3.05, 3.63) is 0 Å². The highest BCUT2D eigenvalue weighted by Gasteiger charge is 2.15. The van der Waals surface area contributed by atoms with Gasteiger partial charge in [-0.2, -0.15) is 0 Å². The van der Waals surface area contributed by atoms with Crippen molar-refractivity contribution in [2.45, 2.75) is 40.2 Å². The van der Waals surface area contributed by atoms with Gasteiger partial charge in [0.15, 0.2) is 5.96 Å². The van der Waals surface area contributed by atoms with E-state index in [1.807, 2.05) is 27.7 Å². The van der Waals surface area contributed by atoms with Crippen LogP contribution in [0.5, 0.6) is 0 Å². The first-order chi connectivity index (χ1) is 11.3. The van der Waals surface area contributed by atoms with Crippen LogP contribution in [0, 0.1) is 5.92 Å². The van der Waals surface area contributed by atoms with E-state index in [0.717, 1.165) is 45.9 Å². The highest BCUT2D eigenvalue weighted by Crippen LogP contribution is 2.02. The normalized spacial score (nSPS) is 18.1. The van der Waals surface area contributed by atoms with Gasteiger partial charge in [0.05, 0.1) is 13.2 Å². The molecule has 1 aliphatic heterocycles. The van der Waals surface area contributed by atoms with E-state index in [2.05, 4.69) is 32.8 Å². The number of carbonyl (C=O) groups excluding carboxylic acids is 1. The number of carbonyl (C=O) groups is 1. The van der Waals surface area contributed by atoms with Gasteiger partial charge in [-0.3, -0.25) is 9.69 Å². The van der Waals surface area contributed by atoms with Crippen LogP contribution in [0.3, 0.4) is 0 Å². The number of hydrogen-bond acceptors (Lipinski definition) is 4. The first-order valence-corrected chi connectivity index (χ1v) is 8.93. The van der Waals surface area contributed by atoms with E-state index in [1.165, 1.54) is 0 Å². The van der Waals surface area contributed by atoms with Crippen LogP contribution in [0.2, 0.25) is 0 Å². The Morgan fingerprint density at radius 1 is 1.25 bits per heavy atom. The molecule has 0 spiro atoms. The SMILES string of the molecule is CCNC(=NCC(=O)NC(C)(C)C)NCC(C)CN1CCOCC1. The molecule has 0 aromatic heterocycles. The molecule has 0 bridgehead atoms. The molecule has 1 atom stereocenters. The third-order valence-corrected chi connectivity index (χ3v) is 3.53. The van der Waals surface area contributed by atoms with Gasteiger partial charge in [-0.05, 0) is 33.6 Å². The van der Waals surface area contributed by atoms with Crippen molar-refractivity contribution in [3.63, 3.8) is 0 Å². The lowest BCUT2D eigenvalue weighted by molar-refractivity contribution is -0.121. The molecule has 3 N–H and O–H groups in total. The fraction of sp³-hybridized carbons (Fsp3) is 0.882. The molecular weight excluding hydrogens is 306 g/mol. The fourth-order valence-corrected chi connectivity index (χ4v) is 2.51. The Balaban J connectivity index is 2.37. The molecule has 0 aromatic carbocycles. The van der Waals surface area contributed by atoms with Crippen LogP contribution in [0.1, 0.15) is 34.6 Å². The standard InChI is InChI=1S/C17H35N5O2/c1-6-18-16(20-12-15(23)21-17(3,4)5)19-11-14(2)13-22-7-9-24-10-8-22/h14H,6-13H2,1-5H3,(H,21,23)(H2,18,19,20). The maximum Gasteiger partial charge on any atom is 0.242 e. The minimum absolute atomic E-state index is 0.0685. The van der Waals surface area contributed by atoms with Gasteiger partial charge in [0.1, 0.15) is 6.54 Å². The molecule has 0 radical (unpaired) electrons. The smallest absolute Gasteiger partial charge is 0.242 e. The lowest BCUT2D eigenvalue weighted by Gasteiger charge is -2.29. The molecular formula is C17H35N5O2. The van der Waals surface area contributed by atoms with Gasteiger partial charge < -0.3 is 20.7 Å². The molecule has 1 fully saturated rings. The van der Waals surface area contributed by atoms with Gasteiger partial charge in [0, 0.05) is 38.3 Å². The van der Waals surface area contributed by atoms with Crippen molar-refractivity contribution in [2.75, 3.05) is 52.5 Å². The van der Waals surface area contributed by atoms with Crippen LogP contribution in [0.4, 0.5) is 0 Å². The average molecular weight is 342 g/mol. The first kappa shape index (κ1) is 20.7. The van der Waals surface area contributed by atoms with Crippen molar-refractivity contribution >= 4 is 11.9 Å². The molecule has 1 aliphatic rings. The molecule has 7 heteroatoms. The van der Waals surface area contributed by atoms with Gasteiger partial charge in [-0.25, -0.2) is 4.99 Å². The molecule has 7 nitrogen and oxygen atoms in total. The maximum atomic E-state index is 11.9. The van der Waals surface area contributed by atoms with Gasteiger partial charge in [0.25, 0.3) is 0 Å². The van der Waals surface area contributed by atoms with E-state index in [-0.39, 0.29) is 18.0 Å². The van der Waals surface area contributed by atoms with Crippen molar-refractivity contribution in [1.82, 2.24) is 20.9 Å². The Bertz CT molecular complexity index is 400. The highest BCUT2D eigenvalue weighted by atomic mass is 16.5. The van der Waals surface area contributed by atoms with E-state index in [1.54, 1.807) is 0 Å². The summed E-state index contributed by atoms with van der Waals surface area (Å²) in [4.78, 5) is 18.7. The number of nitrogens with zero attached hydrogens (tertiary/aromatic N) is 2. The van der Waals surface area contributed by atoms with Gasteiger partial charge in [-0.1, -0.05) is 6.92 Å². The largest absolute Gasteiger partial charge is 0.379 e. The molecule has 0 aliphatic carbocycles. The molecule has 0 aromatic rings. The minimum Gasteiger partial charge on any atom is -0.379 e. The zero-order chi connectivity index (χ0) is 18.0.